The van der Waals surface area contributed by atoms with Crippen LogP contribution in [0.15, 0.2) is 18.2 Å². The smallest absolute Gasteiger partial charge is 0.331 e. The maximum absolute atomic E-state index is 12.3. The lowest BCUT2D eigenvalue weighted by atomic mass is 9.90. The van der Waals surface area contributed by atoms with Crippen molar-refractivity contribution in [1.82, 2.24) is 5.32 Å². The van der Waals surface area contributed by atoms with Gasteiger partial charge in [0.1, 0.15) is 5.54 Å². The number of hydrogen-bond donors (Lipinski definition) is 1. The molecule has 0 amide bonds. The fourth-order valence-electron chi connectivity index (χ4n) is 2.79. The molecule has 1 aromatic rings. The largest absolute Gasteiger partial charge is 0.464 e. The third kappa shape index (κ3) is 2.03. The quantitative estimate of drug-likeness (QED) is 0.830. The van der Waals surface area contributed by atoms with E-state index >= 15 is 0 Å². The molecule has 1 aliphatic carbocycles. The summed E-state index contributed by atoms with van der Waals surface area (Å²) in [5.41, 5.74) is 2.91. The van der Waals surface area contributed by atoms with Crippen LogP contribution < -0.4 is 5.32 Å². The summed E-state index contributed by atoms with van der Waals surface area (Å²) in [7, 11) is 0. The van der Waals surface area contributed by atoms with Crippen LogP contribution in [0.3, 0.4) is 0 Å². The lowest BCUT2D eigenvalue weighted by molar-refractivity contribution is -0.151. The van der Waals surface area contributed by atoms with Gasteiger partial charge in [-0.25, -0.2) is 4.79 Å². The van der Waals surface area contributed by atoms with Gasteiger partial charge in [0.15, 0.2) is 0 Å². The molecule has 0 spiro atoms. The fourth-order valence-corrected chi connectivity index (χ4v) is 2.79. The standard InChI is InChI=1S/C15H21NO2/c1-4-16-15(14(17)18-5-2)9-8-12-7-6-11(3)10-13(12)15/h6-7,10,16H,4-5,8-9H2,1-3H3. The molecule has 0 radical (unpaired) electrons. The molecule has 1 unspecified atom stereocenters. The Hall–Kier alpha value is -1.35. The summed E-state index contributed by atoms with van der Waals surface area (Å²) in [5.74, 6) is -0.142. The topological polar surface area (TPSA) is 38.3 Å². The monoisotopic (exact) mass is 247 g/mol. The van der Waals surface area contributed by atoms with Gasteiger partial charge in [-0.05, 0) is 44.4 Å². The maximum atomic E-state index is 12.3. The molecule has 3 nitrogen and oxygen atoms in total. The molecule has 0 aliphatic heterocycles. The number of ether oxygens (including phenoxy) is 1. The van der Waals surface area contributed by atoms with Crippen molar-refractivity contribution in [2.45, 2.75) is 39.2 Å². The molecule has 2 rings (SSSR count). The van der Waals surface area contributed by atoms with Crippen LogP contribution in [0.1, 0.15) is 37.0 Å². The molecule has 1 atom stereocenters. The number of hydrogen-bond acceptors (Lipinski definition) is 3. The second-order valence-corrected chi connectivity index (χ2v) is 4.82. The zero-order valence-corrected chi connectivity index (χ0v) is 11.4. The number of aryl methyl sites for hydroxylation is 2. The van der Waals surface area contributed by atoms with Crippen LogP contribution in [0.2, 0.25) is 0 Å². The van der Waals surface area contributed by atoms with E-state index in [1.807, 2.05) is 13.8 Å². The number of carbonyl (C=O) groups is 1. The second kappa shape index (κ2) is 5.11. The van der Waals surface area contributed by atoms with Crippen LogP contribution in [0.25, 0.3) is 0 Å². The number of rotatable bonds is 4. The third-order valence-electron chi connectivity index (χ3n) is 3.60. The Bertz CT molecular complexity index is 452. The molecule has 0 aromatic heterocycles. The summed E-state index contributed by atoms with van der Waals surface area (Å²) >= 11 is 0. The first-order chi connectivity index (χ1) is 8.64. The minimum Gasteiger partial charge on any atom is -0.464 e. The summed E-state index contributed by atoms with van der Waals surface area (Å²) in [6.07, 6.45) is 1.72. The lowest BCUT2D eigenvalue weighted by Crippen LogP contribution is -2.48. The molecule has 0 bridgehead atoms. The van der Waals surface area contributed by atoms with Gasteiger partial charge in [-0.3, -0.25) is 5.32 Å². The molecule has 18 heavy (non-hydrogen) atoms. The molecule has 1 aromatic carbocycles. The first-order valence-electron chi connectivity index (χ1n) is 6.66. The molecule has 1 aliphatic rings. The van der Waals surface area contributed by atoms with E-state index in [4.69, 9.17) is 4.74 Å². The number of carbonyl (C=O) groups excluding carboxylic acids is 1. The number of nitrogens with one attached hydrogen (secondary N) is 1. The van der Waals surface area contributed by atoms with Crippen molar-refractivity contribution in [2.75, 3.05) is 13.2 Å². The van der Waals surface area contributed by atoms with E-state index in [9.17, 15) is 4.79 Å². The number of likely N-dealkylation sites (N-methyl/N-ethyl adjacent to an activating group) is 1. The van der Waals surface area contributed by atoms with Crippen molar-refractivity contribution in [2.24, 2.45) is 0 Å². The molecular weight excluding hydrogens is 226 g/mol. The van der Waals surface area contributed by atoms with Crippen molar-refractivity contribution in [3.05, 3.63) is 34.9 Å². The number of esters is 1. The van der Waals surface area contributed by atoms with E-state index in [2.05, 4.69) is 30.4 Å². The Morgan fingerprint density at radius 2 is 2.22 bits per heavy atom. The maximum Gasteiger partial charge on any atom is 0.331 e. The highest BCUT2D eigenvalue weighted by Crippen LogP contribution is 2.38. The van der Waals surface area contributed by atoms with E-state index in [-0.39, 0.29) is 5.97 Å². The zero-order chi connectivity index (χ0) is 13.2. The first-order valence-corrected chi connectivity index (χ1v) is 6.66. The van der Waals surface area contributed by atoms with Gasteiger partial charge in [0, 0.05) is 0 Å². The Labute approximate surface area is 109 Å². The van der Waals surface area contributed by atoms with Gasteiger partial charge < -0.3 is 4.74 Å². The SMILES string of the molecule is CCNC1(C(=O)OCC)CCc2ccc(C)cc21. The minimum absolute atomic E-state index is 0.142. The van der Waals surface area contributed by atoms with Gasteiger partial charge in [0.2, 0.25) is 0 Å². The average molecular weight is 247 g/mol. The van der Waals surface area contributed by atoms with Gasteiger partial charge in [-0.1, -0.05) is 30.7 Å². The average Bonchev–Trinajstić information content (AvgIpc) is 2.70. The summed E-state index contributed by atoms with van der Waals surface area (Å²) in [4.78, 5) is 12.3. The van der Waals surface area contributed by atoms with Crippen molar-refractivity contribution in [3.8, 4) is 0 Å². The summed E-state index contributed by atoms with van der Waals surface area (Å²) in [6, 6.07) is 6.34. The number of fused-ring (bicyclic) bond motifs is 1. The van der Waals surface area contributed by atoms with E-state index in [1.54, 1.807) is 0 Å². The van der Waals surface area contributed by atoms with Crippen LogP contribution in [-0.2, 0) is 21.5 Å². The predicted molar refractivity (Wildman–Crippen MR) is 71.5 cm³/mol. The minimum atomic E-state index is -0.633. The number of benzene rings is 1. The summed E-state index contributed by atoms with van der Waals surface area (Å²) < 4.78 is 5.28. The second-order valence-electron chi connectivity index (χ2n) is 4.82. The van der Waals surface area contributed by atoms with Gasteiger partial charge in [0.05, 0.1) is 6.61 Å². The van der Waals surface area contributed by atoms with Crippen LogP contribution in [-0.4, -0.2) is 19.1 Å². The van der Waals surface area contributed by atoms with E-state index in [1.165, 1.54) is 11.1 Å². The van der Waals surface area contributed by atoms with Crippen molar-refractivity contribution in [3.63, 3.8) is 0 Å². The van der Waals surface area contributed by atoms with Gasteiger partial charge in [-0.2, -0.15) is 0 Å². The molecular formula is C15H21NO2. The van der Waals surface area contributed by atoms with E-state index in [0.29, 0.717) is 6.61 Å². The first kappa shape index (κ1) is 13.1. The van der Waals surface area contributed by atoms with E-state index in [0.717, 1.165) is 24.9 Å². The van der Waals surface area contributed by atoms with E-state index < -0.39 is 5.54 Å². The lowest BCUT2D eigenvalue weighted by Gasteiger charge is -2.29. The molecule has 98 valence electrons. The highest BCUT2D eigenvalue weighted by Gasteiger charge is 2.45. The highest BCUT2D eigenvalue weighted by molar-refractivity contribution is 5.84. The highest BCUT2D eigenvalue weighted by atomic mass is 16.5. The van der Waals surface area contributed by atoms with Gasteiger partial charge in [-0.15, -0.1) is 0 Å². The summed E-state index contributed by atoms with van der Waals surface area (Å²) in [6.45, 7) is 7.11. The molecule has 0 heterocycles. The molecule has 0 saturated heterocycles. The van der Waals surface area contributed by atoms with Crippen molar-refractivity contribution < 1.29 is 9.53 Å². The Morgan fingerprint density at radius 3 is 2.89 bits per heavy atom. The van der Waals surface area contributed by atoms with Gasteiger partial charge >= 0.3 is 5.97 Å². The van der Waals surface area contributed by atoms with Crippen LogP contribution >= 0.6 is 0 Å². The molecule has 0 saturated carbocycles. The Kier molecular flexibility index (Phi) is 3.71. The predicted octanol–water partition coefficient (Wildman–Crippen LogP) is 2.31. The Morgan fingerprint density at radius 1 is 1.44 bits per heavy atom. The van der Waals surface area contributed by atoms with Crippen LogP contribution in [0.4, 0.5) is 0 Å². The van der Waals surface area contributed by atoms with Crippen molar-refractivity contribution >= 4 is 5.97 Å². The zero-order valence-electron chi connectivity index (χ0n) is 11.4. The molecule has 0 fully saturated rings. The van der Waals surface area contributed by atoms with Crippen LogP contribution in [0.5, 0.6) is 0 Å². The van der Waals surface area contributed by atoms with Crippen LogP contribution in [0, 0.1) is 6.92 Å². The fraction of sp³-hybridized carbons (Fsp3) is 0.533. The normalized spacial score (nSPS) is 21.7. The Balaban J connectivity index is 2.45. The molecule has 3 heteroatoms. The summed E-state index contributed by atoms with van der Waals surface area (Å²) in [5, 5.41) is 3.35. The third-order valence-corrected chi connectivity index (χ3v) is 3.60. The molecule has 1 N–H and O–H groups in total. The van der Waals surface area contributed by atoms with Gasteiger partial charge in [0.25, 0.3) is 0 Å². The van der Waals surface area contributed by atoms with Crippen molar-refractivity contribution in [1.29, 1.82) is 0 Å².